The van der Waals surface area contributed by atoms with E-state index < -0.39 is 0 Å². The fourth-order valence-electron chi connectivity index (χ4n) is 3.68. The molecule has 1 aliphatic heterocycles. The second kappa shape index (κ2) is 10.3. The van der Waals surface area contributed by atoms with E-state index in [1.54, 1.807) is 12.3 Å². The van der Waals surface area contributed by atoms with Gasteiger partial charge in [0.25, 0.3) is 0 Å². The molecule has 3 rings (SSSR count). The number of aromatic nitrogens is 1. The number of benzene rings is 1. The van der Waals surface area contributed by atoms with Gasteiger partial charge in [-0.2, -0.15) is 0 Å². The smallest absolute Gasteiger partial charge is 0.239 e. The second-order valence-electron chi connectivity index (χ2n) is 7.87. The summed E-state index contributed by atoms with van der Waals surface area (Å²) < 4.78 is 7.03. The summed E-state index contributed by atoms with van der Waals surface area (Å²) in [6, 6.07) is 11.7. The van der Waals surface area contributed by atoms with Crippen LogP contribution in [0.3, 0.4) is 0 Å². The van der Waals surface area contributed by atoms with E-state index in [1.165, 1.54) is 25.5 Å². The quantitative estimate of drug-likeness (QED) is 0.743. The third-order valence-electron chi connectivity index (χ3n) is 5.56. The van der Waals surface area contributed by atoms with Gasteiger partial charge >= 0.3 is 0 Å². The average molecular weight is 398 g/mol. The predicted molar refractivity (Wildman–Crippen MR) is 114 cm³/mol. The molecule has 0 atom stereocenters. The number of carbonyl (C=O) groups excluding carboxylic acids is 1. The SMILES string of the molecule is COc1cn(CC(=O)NCCc2ccccc2)c(CN2CCC(C)CC2)cc1=O. The Morgan fingerprint density at radius 3 is 2.62 bits per heavy atom. The summed E-state index contributed by atoms with van der Waals surface area (Å²) in [7, 11) is 1.48. The van der Waals surface area contributed by atoms with Crippen LogP contribution in [0.4, 0.5) is 0 Å². The summed E-state index contributed by atoms with van der Waals surface area (Å²) in [5.41, 5.74) is 1.90. The van der Waals surface area contributed by atoms with Crippen molar-refractivity contribution in [1.29, 1.82) is 0 Å². The van der Waals surface area contributed by atoms with E-state index in [9.17, 15) is 9.59 Å². The highest BCUT2D eigenvalue weighted by Crippen LogP contribution is 2.18. The zero-order valence-electron chi connectivity index (χ0n) is 17.4. The minimum atomic E-state index is -0.145. The Morgan fingerprint density at radius 2 is 1.93 bits per heavy atom. The number of pyridine rings is 1. The summed E-state index contributed by atoms with van der Waals surface area (Å²) in [6.45, 7) is 5.74. The zero-order valence-corrected chi connectivity index (χ0v) is 17.4. The van der Waals surface area contributed by atoms with Crippen LogP contribution in [0.2, 0.25) is 0 Å². The fourth-order valence-corrected chi connectivity index (χ4v) is 3.68. The van der Waals surface area contributed by atoms with Crippen LogP contribution in [-0.4, -0.2) is 42.1 Å². The van der Waals surface area contributed by atoms with Crippen molar-refractivity contribution in [2.45, 2.75) is 39.3 Å². The van der Waals surface area contributed by atoms with E-state index in [0.717, 1.165) is 31.1 Å². The third-order valence-corrected chi connectivity index (χ3v) is 5.56. The van der Waals surface area contributed by atoms with Crippen LogP contribution in [0, 0.1) is 5.92 Å². The molecule has 1 saturated heterocycles. The minimum absolute atomic E-state index is 0.0693. The molecule has 1 aromatic carbocycles. The van der Waals surface area contributed by atoms with E-state index >= 15 is 0 Å². The summed E-state index contributed by atoms with van der Waals surface area (Å²) in [5, 5.41) is 2.98. The zero-order chi connectivity index (χ0) is 20.6. The second-order valence-corrected chi connectivity index (χ2v) is 7.87. The lowest BCUT2D eigenvalue weighted by atomic mass is 9.99. The van der Waals surface area contributed by atoms with Gasteiger partial charge in [0.2, 0.25) is 11.3 Å². The molecule has 2 aromatic rings. The maximum Gasteiger partial charge on any atom is 0.239 e. The van der Waals surface area contributed by atoms with Crippen LogP contribution in [-0.2, 0) is 24.3 Å². The lowest BCUT2D eigenvalue weighted by molar-refractivity contribution is -0.121. The van der Waals surface area contributed by atoms with E-state index in [2.05, 4.69) is 29.3 Å². The average Bonchev–Trinajstić information content (AvgIpc) is 2.72. The van der Waals surface area contributed by atoms with Crippen LogP contribution in [0.15, 0.2) is 47.4 Å². The van der Waals surface area contributed by atoms with Crippen molar-refractivity contribution < 1.29 is 9.53 Å². The van der Waals surface area contributed by atoms with Crippen molar-refractivity contribution in [1.82, 2.24) is 14.8 Å². The van der Waals surface area contributed by atoms with Crippen molar-refractivity contribution in [2.75, 3.05) is 26.7 Å². The van der Waals surface area contributed by atoms with Crippen molar-refractivity contribution in [3.8, 4) is 5.75 Å². The van der Waals surface area contributed by atoms with Crippen LogP contribution >= 0.6 is 0 Å². The Balaban J connectivity index is 1.64. The molecular formula is C23H31N3O3. The highest BCUT2D eigenvalue weighted by Gasteiger charge is 2.18. The van der Waals surface area contributed by atoms with Gasteiger partial charge in [-0.25, -0.2) is 0 Å². The first kappa shape index (κ1) is 21.1. The van der Waals surface area contributed by atoms with Crippen LogP contribution in [0.1, 0.15) is 31.0 Å². The molecule has 1 aromatic heterocycles. The largest absolute Gasteiger partial charge is 0.491 e. The summed E-state index contributed by atoms with van der Waals surface area (Å²) in [6.07, 6.45) is 4.78. The molecule has 2 heterocycles. The lowest BCUT2D eigenvalue weighted by Crippen LogP contribution is -2.35. The standard InChI is InChI=1S/C23H31N3O3/c1-18-9-12-25(13-10-18)15-20-14-21(27)22(29-2)16-26(20)17-23(28)24-11-8-19-6-4-3-5-7-19/h3-7,14,16,18H,8-13,15,17H2,1-2H3,(H,24,28). The summed E-state index contributed by atoms with van der Waals surface area (Å²) >= 11 is 0. The fraction of sp³-hybridized carbons (Fsp3) is 0.478. The van der Waals surface area contributed by atoms with Crippen LogP contribution in [0.5, 0.6) is 5.75 Å². The summed E-state index contributed by atoms with van der Waals surface area (Å²) in [5.74, 6) is 0.943. The molecule has 156 valence electrons. The maximum absolute atomic E-state index is 12.5. The monoisotopic (exact) mass is 397 g/mol. The molecule has 6 nitrogen and oxygen atoms in total. The van der Waals surface area contributed by atoms with Gasteiger partial charge in [-0.15, -0.1) is 0 Å². The van der Waals surface area contributed by atoms with Gasteiger partial charge in [0, 0.05) is 24.8 Å². The maximum atomic E-state index is 12.5. The number of ether oxygens (including phenoxy) is 1. The van der Waals surface area contributed by atoms with Crippen molar-refractivity contribution in [2.24, 2.45) is 5.92 Å². The van der Waals surface area contributed by atoms with Crippen LogP contribution in [0.25, 0.3) is 0 Å². The third kappa shape index (κ3) is 6.19. The minimum Gasteiger partial charge on any atom is -0.491 e. The van der Waals surface area contributed by atoms with Gasteiger partial charge in [-0.3, -0.25) is 14.5 Å². The van der Waals surface area contributed by atoms with E-state index in [4.69, 9.17) is 4.74 Å². The van der Waals surface area contributed by atoms with Gasteiger partial charge in [-0.1, -0.05) is 37.3 Å². The molecule has 1 fully saturated rings. The van der Waals surface area contributed by atoms with Gasteiger partial charge < -0.3 is 14.6 Å². The number of hydrogen-bond acceptors (Lipinski definition) is 4. The Hall–Kier alpha value is -2.60. The molecule has 29 heavy (non-hydrogen) atoms. The van der Waals surface area contributed by atoms with E-state index in [-0.39, 0.29) is 23.6 Å². The number of methoxy groups -OCH3 is 1. The number of nitrogens with zero attached hydrogens (tertiary/aromatic N) is 2. The first-order valence-electron chi connectivity index (χ1n) is 10.4. The molecule has 0 aliphatic carbocycles. The molecule has 0 spiro atoms. The summed E-state index contributed by atoms with van der Waals surface area (Å²) in [4.78, 5) is 27.1. The normalized spacial score (nSPS) is 15.2. The Morgan fingerprint density at radius 1 is 1.21 bits per heavy atom. The number of carbonyl (C=O) groups is 1. The van der Waals surface area contributed by atoms with E-state index in [1.807, 2.05) is 22.8 Å². The molecule has 6 heteroatoms. The number of hydrogen-bond donors (Lipinski definition) is 1. The highest BCUT2D eigenvalue weighted by atomic mass is 16.5. The van der Waals surface area contributed by atoms with E-state index in [0.29, 0.717) is 13.1 Å². The van der Waals surface area contributed by atoms with Gasteiger partial charge in [-0.05, 0) is 43.8 Å². The Bertz CT molecular complexity index is 855. The molecule has 0 unspecified atom stereocenters. The van der Waals surface area contributed by atoms with Crippen molar-refractivity contribution in [3.63, 3.8) is 0 Å². The number of rotatable bonds is 8. The molecular weight excluding hydrogens is 366 g/mol. The predicted octanol–water partition coefficient (Wildman–Crippen LogP) is 2.45. The highest BCUT2D eigenvalue weighted by molar-refractivity contribution is 5.75. The number of amides is 1. The van der Waals surface area contributed by atoms with Crippen LogP contribution < -0.4 is 15.5 Å². The number of likely N-dealkylation sites (tertiary alicyclic amines) is 1. The lowest BCUT2D eigenvalue weighted by Gasteiger charge is -2.31. The Kier molecular flexibility index (Phi) is 7.47. The van der Waals surface area contributed by atoms with Gasteiger partial charge in [0.05, 0.1) is 13.3 Å². The molecule has 0 saturated carbocycles. The molecule has 1 N–H and O–H groups in total. The number of piperidine rings is 1. The van der Waals surface area contributed by atoms with Crippen molar-refractivity contribution in [3.05, 3.63) is 64.1 Å². The molecule has 1 amide bonds. The molecule has 0 radical (unpaired) electrons. The van der Waals surface area contributed by atoms with Crippen molar-refractivity contribution >= 4 is 5.91 Å². The first-order valence-corrected chi connectivity index (χ1v) is 10.4. The topological polar surface area (TPSA) is 63.6 Å². The molecule has 1 aliphatic rings. The Labute approximate surface area is 172 Å². The molecule has 0 bridgehead atoms. The number of nitrogens with one attached hydrogen (secondary N) is 1. The first-order chi connectivity index (χ1) is 14.0. The van der Waals surface area contributed by atoms with Gasteiger partial charge in [0.1, 0.15) is 6.54 Å². The van der Waals surface area contributed by atoms with Gasteiger partial charge in [0.15, 0.2) is 5.75 Å².